The van der Waals surface area contributed by atoms with Gasteiger partial charge in [0.15, 0.2) is 11.6 Å². The second-order valence-corrected chi connectivity index (χ2v) is 4.34. The summed E-state index contributed by atoms with van der Waals surface area (Å²) in [5.41, 5.74) is 1.79. The van der Waals surface area contributed by atoms with Gasteiger partial charge >= 0.3 is 0 Å². The van der Waals surface area contributed by atoms with E-state index in [1.54, 1.807) is 13.2 Å². The average molecular weight is 281 g/mol. The maximum absolute atomic E-state index is 13.5. The molecule has 0 aromatic heterocycles. The minimum Gasteiger partial charge on any atom is -0.381 e. The van der Waals surface area contributed by atoms with E-state index >= 15 is 0 Å². The minimum atomic E-state index is -1.19. The lowest BCUT2D eigenvalue weighted by atomic mass is 10.1. The molecule has 0 aliphatic heterocycles. The molecule has 106 valence electrons. The molecule has 0 atom stereocenters. The largest absolute Gasteiger partial charge is 0.381 e. The van der Waals surface area contributed by atoms with Crippen LogP contribution in [0.3, 0.4) is 0 Å². The molecule has 0 radical (unpaired) electrons. The number of hydrogen-bond donors (Lipinski definition) is 1. The molecule has 0 bridgehead atoms. The average Bonchev–Trinajstić information content (AvgIpc) is 2.42. The molecule has 0 fully saturated rings. The van der Waals surface area contributed by atoms with Gasteiger partial charge in [-0.25, -0.2) is 13.2 Å². The van der Waals surface area contributed by atoms with Gasteiger partial charge in [-0.3, -0.25) is 0 Å². The van der Waals surface area contributed by atoms with Gasteiger partial charge in [0.1, 0.15) is 5.82 Å². The molecule has 0 heterocycles. The molecule has 0 amide bonds. The van der Waals surface area contributed by atoms with Crippen molar-refractivity contribution in [2.75, 3.05) is 12.4 Å². The Kier molecular flexibility index (Phi) is 4.63. The number of ether oxygens (including phenoxy) is 1. The number of halogens is 3. The van der Waals surface area contributed by atoms with Crippen molar-refractivity contribution in [2.45, 2.75) is 13.2 Å². The van der Waals surface area contributed by atoms with Crippen molar-refractivity contribution in [1.82, 2.24) is 0 Å². The lowest BCUT2D eigenvalue weighted by molar-refractivity contribution is 0.185. The highest BCUT2D eigenvalue weighted by Gasteiger charge is 2.09. The first-order valence-electron chi connectivity index (χ1n) is 6.05. The van der Waals surface area contributed by atoms with Crippen LogP contribution in [0, 0.1) is 17.5 Å². The highest BCUT2D eigenvalue weighted by molar-refractivity contribution is 5.46. The van der Waals surface area contributed by atoms with Crippen LogP contribution in [0.1, 0.15) is 11.1 Å². The number of hydrogen-bond acceptors (Lipinski definition) is 2. The Hall–Kier alpha value is -2.01. The van der Waals surface area contributed by atoms with Gasteiger partial charge in [-0.15, -0.1) is 0 Å². The van der Waals surface area contributed by atoms with Gasteiger partial charge in [0.05, 0.1) is 6.61 Å². The molecule has 2 aromatic rings. The van der Waals surface area contributed by atoms with Crippen molar-refractivity contribution in [3.8, 4) is 0 Å². The molecule has 1 N–H and O–H groups in total. The van der Waals surface area contributed by atoms with E-state index in [4.69, 9.17) is 4.74 Å². The van der Waals surface area contributed by atoms with Crippen molar-refractivity contribution >= 4 is 5.69 Å². The van der Waals surface area contributed by atoms with E-state index in [1.165, 1.54) is 0 Å². The number of benzene rings is 2. The maximum Gasteiger partial charge on any atom is 0.161 e. The third-order valence-corrected chi connectivity index (χ3v) is 2.81. The first-order valence-corrected chi connectivity index (χ1v) is 6.05. The molecule has 20 heavy (non-hydrogen) atoms. The molecular formula is C15H14F3NO. The van der Waals surface area contributed by atoms with E-state index in [0.29, 0.717) is 12.7 Å². The maximum atomic E-state index is 13.5. The zero-order chi connectivity index (χ0) is 14.5. The van der Waals surface area contributed by atoms with Crippen LogP contribution >= 0.6 is 0 Å². The summed E-state index contributed by atoms with van der Waals surface area (Å²) in [5, 5.41) is 2.96. The SMILES string of the molecule is COCc1cccc(NCc2cc(F)c(F)cc2F)c1. The van der Waals surface area contributed by atoms with Gasteiger partial charge in [0, 0.05) is 31.0 Å². The molecule has 2 nitrogen and oxygen atoms in total. The van der Waals surface area contributed by atoms with E-state index in [-0.39, 0.29) is 12.1 Å². The number of anilines is 1. The topological polar surface area (TPSA) is 21.3 Å². The monoisotopic (exact) mass is 281 g/mol. The highest BCUT2D eigenvalue weighted by Crippen LogP contribution is 2.17. The molecule has 2 rings (SSSR count). The van der Waals surface area contributed by atoms with Crippen LogP contribution in [-0.4, -0.2) is 7.11 Å². The van der Waals surface area contributed by atoms with Crippen LogP contribution in [0.4, 0.5) is 18.9 Å². The second-order valence-electron chi connectivity index (χ2n) is 4.34. The van der Waals surface area contributed by atoms with Crippen molar-refractivity contribution in [2.24, 2.45) is 0 Å². The number of rotatable bonds is 5. The van der Waals surface area contributed by atoms with Crippen LogP contribution in [0.25, 0.3) is 0 Å². The standard InChI is InChI=1S/C15H14F3NO/c1-20-9-10-3-2-4-12(5-10)19-8-11-6-14(17)15(18)7-13(11)16/h2-7,19H,8-9H2,1H3. The van der Waals surface area contributed by atoms with E-state index in [0.717, 1.165) is 17.3 Å². The summed E-state index contributed by atoms with van der Waals surface area (Å²) in [7, 11) is 1.59. The lowest BCUT2D eigenvalue weighted by Crippen LogP contribution is -2.04. The van der Waals surface area contributed by atoms with E-state index < -0.39 is 17.5 Å². The Balaban J connectivity index is 2.08. The van der Waals surface area contributed by atoms with Gasteiger partial charge in [-0.1, -0.05) is 12.1 Å². The summed E-state index contributed by atoms with van der Waals surface area (Å²) in [6.45, 7) is 0.536. The summed E-state index contributed by atoms with van der Waals surface area (Å²) < 4.78 is 44.4. The lowest BCUT2D eigenvalue weighted by Gasteiger charge is -2.09. The van der Waals surface area contributed by atoms with Gasteiger partial charge < -0.3 is 10.1 Å². The molecule has 0 aliphatic rings. The molecule has 0 spiro atoms. The number of nitrogens with one attached hydrogen (secondary N) is 1. The van der Waals surface area contributed by atoms with Gasteiger partial charge in [0.25, 0.3) is 0 Å². The zero-order valence-corrected chi connectivity index (χ0v) is 10.9. The molecule has 2 aromatic carbocycles. The molecule has 0 saturated heterocycles. The predicted molar refractivity (Wildman–Crippen MR) is 70.8 cm³/mol. The Morgan fingerprint density at radius 3 is 2.50 bits per heavy atom. The normalized spacial score (nSPS) is 10.6. The van der Waals surface area contributed by atoms with Crippen molar-refractivity contribution < 1.29 is 17.9 Å². The van der Waals surface area contributed by atoms with Crippen molar-refractivity contribution in [3.63, 3.8) is 0 Å². The fraction of sp³-hybridized carbons (Fsp3) is 0.200. The van der Waals surface area contributed by atoms with Crippen LogP contribution in [-0.2, 0) is 17.9 Å². The van der Waals surface area contributed by atoms with Crippen LogP contribution in [0.15, 0.2) is 36.4 Å². The fourth-order valence-corrected chi connectivity index (χ4v) is 1.83. The Labute approximate surface area is 115 Å². The summed E-state index contributed by atoms with van der Waals surface area (Å²) in [6, 6.07) is 8.79. The van der Waals surface area contributed by atoms with Crippen LogP contribution in [0.2, 0.25) is 0 Å². The Morgan fingerprint density at radius 1 is 1.00 bits per heavy atom. The first-order chi connectivity index (χ1) is 9.60. The number of methoxy groups -OCH3 is 1. The quantitative estimate of drug-likeness (QED) is 0.840. The van der Waals surface area contributed by atoms with Crippen molar-refractivity contribution in [1.29, 1.82) is 0 Å². The molecule has 0 aliphatic carbocycles. The molecule has 5 heteroatoms. The third-order valence-electron chi connectivity index (χ3n) is 2.81. The third kappa shape index (κ3) is 3.51. The highest BCUT2D eigenvalue weighted by atomic mass is 19.2. The van der Waals surface area contributed by atoms with E-state index in [2.05, 4.69) is 5.32 Å². The molecule has 0 saturated carbocycles. The Bertz CT molecular complexity index is 602. The minimum absolute atomic E-state index is 0.0689. The van der Waals surface area contributed by atoms with Gasteiger partial charge in [-0.2, -0.15) is 0 Å². The fourth-order valence-electron chi connectivity index (χ4n) is 1.83. The summed E-state index contributed by atoms with van der Waals surface area (Å²) in [5.74, 6) is -3.02. The summed E-state index contributed by atoms with van der Waals surface area (Å²) in [6.07, 6.45) is 0. The summed E-state index contributed by atoms with van der Waals surface area (Å²) in [4.78, 5) is 0. The zero-order valence-electron chi connectivity index (χ0n) is 10.9. The second kappa shape index (κ2) is 6.43. The van der Waals surface area contributed by atoms with Crippen molar-refractivity contribution in [3.05, 3.63) is 65.0 Å². The molecular weight excluding hydrogens is 267 g/mol. The van der Waals surface area contributed by atoms with Gasteiger partial charge in [-0.05, 0) is 23.8 Å². The van der Waals surface area contributed by atoms with E-state index in [9.17, 15) is 13.2 Å². The Morgan fingerprint density at radius 2 is 1.75 bits per heavy atom. The van der Waals surface area contributed by atoms with E-state index in [1.807, 2.05) is 18.2 Å². The molecule has 0 unspecified atom stereocenters. The van der Waals surface area contributed by atoms with Crippen LogP contribution < -0.4 is 5.32 Å². The summed E-state index contributed by atoms with van der Waals surface area (Å²) >= 11 is 0. The van der Waals surface area contributed by atoms with Crippen LogP contribution in [0.5, 0.6) is 0 Å². The predicted octanol–water partition coefficient (Wildman–Crippen LogP) is 3.86. The first kappa shape index (κ1) is 14.4. The smallest absolute Gasteiger partial charge is 0.161 e. The van der Waals surface area contributed by atoms with Gasteiger partial charge in [0.2, 0.25) is 0 Å².